The van der Waals surface area contributed by atoms with Crippen LogP contribution in [-0.2, 0) is 4.79 Å². The summed E-state index contributed by atoms with van der Waals surface area (Å²) in [6.45, 7) is 0.331. The predicted octanol–water partition coefficient (Wildman–Crippen LogP) is 3.41. The van der Waals surface area contributed by atoms with Gasteiger partial charge >= 0.3 is 0 Å². The van der Waals surface area contributed by atoms with Gasteiger partial charge in [-0.25, -0.2) is 0 Å². The zero-order chi connectivity index (χ0) is 21.0. The van der Waals surface area contributed by atoms with Crippen molar-refractivity contribution in [3.8, 4) is 11.5 Å². The van der Waals surface area contributed by atoms with Gasteiger partial charge in [-0.15, -0.1) is 0 Å². The van der Waals surface area contributed by atoms with E-state index in [4.69, 9.17) is 21.1 Å². The minimum absolute atomic E-state index is 0.00805. The lowest BCUT2D eigenvalue weighted by Crippen LogP contribution is -2.33. The van der Waals surface area contributed by atoms with Crippen molar-refractivity contribution in [2.45, 2.75) is 6.04 Å². The van der Waals surface area contributed by atoms with Gasteiger partial charge in [0.1, 0.15) is 0 Å². The van der Waals surface area contributed by atoms with Gasteiger partial charge < -0.3 is 19.7 Å². The molecule has 0 spiro atoms. The fraction of sp³-hybridized carbons (Fsp3) is 0.250. The van der Waals surface area contributed by atoms with Crippen molar-refractivity contribution in [1.29, 1.82) is 0 Å². The van der Waals surface area contributed by atoms with E-state index >= 15 is 0 Å². The highest BCUT2D eigenvalue weighted by atomic mass is 35.5. The lowest BCUT2D eigenvalue weighted by molar-refractivity contribution is -0.385. The Morgan fingerprint density at radius 2 is 2.00 bits per heavy atom. The van der Waals surface area contributed by atoms with Crippen LogP contribution in [0.25, 0.3) is 6.08 Å². The molecule has 0 saturated carbocycles. The summed E-state index contributed by atoms with van der Waals surface area (Å²) in [6, 6.07) is 10.1. The SMILES string of the molecule is CN(C)C(CNC(=O)/C=C/c1cc2c(cc1[N+](=O)[O-])OCO2)c1ccccc1Cl. The molecular weight excluding hydrogens is 398 g/mol. The van der Waals surface area contributed by atoms with Crippen molar-refractivity contribution in [3.63, 3.8) is 0 Å². The first-order chi connectivity index (χ1) is 13.9. The Morgan fingerprint density at radius 3 is 2.66 bits per heavy atom. The summed E-state index contributed by atoms with van der Waals surface area (Å²) in [4.78, 5) is 25.0. The lowest BCUT2D eigenvalue weighted by Gasteiger charge is -2.25. The van der Waals surface area contributed by atoms with Crippen LogP contribution in [0.5, 0.6) is 11.5 Å². The summed E-state index contributed by atoms with van der Waals surface area (Å²) >= 11 is 6.27. The van der Waals surface area contributed by atoms with Gasteiger partial charge in [-0.1, -0.05) is 29.8 Å². The molecule has 1 heterocycles. The molecule has 9 heteroatoms. The van der Waals surface area contributed by atoms with E-state index in [1.165, 1.54) is 24.3 Å². The lowest BCUT2D eigenvalue weighted by atomic mass is 10.1. The molecule has 3 rings (SSSR count). The van der Waals surface area contributed by atoms with Gasteiger partial charge in [-0.2, -0.15) is 0 Å². The molecule has 1 amide bonds. The number of benzene rings is 2. The standard InChI is InChI=1S/C20H20ClN3O5/c1-23(2)17(14-5-3-4-6-15(14)21)11-22-20(25)8-7-13-9-18-19(29-12-28-18)10-16(13)24(26)27/h3-10,17H,11-12H2,1-2H3,(H,22,25)/b8-7+. The summed E-state index contributed by atoms with van der Waals surface area (Å²) in [5, 5.41) is 14.7. The Morgan fingerprint density at radius 1 is 1.31 bits per heavy atom. The van der Waals surface area contributed by atoms with Gasteiger partial charge in [-0.05, 0) is 37.9 Å². The zero-order valence-electron chi connectivity index (χ0n) is 15.9. The molecule has 1 aliphatic rings. The number of halogens is 1. The second kappa shape index (κ2) is 8.93. The van der Waals surface area contributed by atoms with Crippen LogP contribution < -0.4 is 14.8 Å². The van der Waals surface area contributed by atoms with Crippen LogP contribution in [0, 0.1) is 10.1 Å². The monoisotopic (exact) mass is 417 g/mol. The molecule has 0 radical (unpaired) electrons. The molecule has 8 nitrogen and oxygen atoms in total. The number of nitro groups is 1. The molecule has 29 heavy (non-hydrogen) atoms. The Bertz CT molecular complexity index is 961. The van der Waals surface area contributed by atoms with Gasteiger partial charge in [0.15, 0.2) is 11.5 Å². The first-order valence-electron chi connectivity index (χ1n) is 8.81. The molecule has 0 aromatic heterocycles. The van der Waals surface area contributed by atoms with Crippen LogP contribution in [-0.4, -0.2) is 43.2 Å². The molecule has 0 fully saturated rings. The molecular formula is C20H20ClN3O5. The average Bonchev–Trinajstić information content (AvgIpc) is 3.14. The summed E-state index contributed by atoms with van der Waals surface area (Å²) in [7, 11) is 3.79. The number of rotatable bonds is 7. The van der Waals surface area contributed by atoms with Crippen molar-refractivity contribution < 1.29 is 19.2 Å². The predicted molar refractivity (Wildman–Crippen MR) is 109 cm³/mol. The molecule has 1 atom stereocenters. The molecule has 1 unspecified atom stereocenters. The van der Waals surface area contributed by atoms with Crippen LogP contribution in [0.1, 0.15) is 17.2 Å². The summed E-state index contributed by atoms with van der Waals surface area (Å²) in [5.41, 5.74) is 0.986. The maximum atomic E-state index is 12.3. The van der Waals surface area contributed by atoms with Gasteiger partial charge in [-0.3, -0.25) is 14.9 Å². The number of hydrogen-bond acceptors (Lipinski definition) is 6. The Labute approximate surface area is 172 Å². The normalized spacial score (nSPS) is 13.7. The highest BCUT2D eigenvalue weighted by molar-refractivity contribution is 6.31. The number of hydrogen-bond donors (Lipinski definition) is 1. The molecule has 2 aromatic rings. The zero-order valence-corrected chi connectivity index (χ0v) is 16.7. The minimum atomic E-state index is -0.529. The quantitative estimate of drug-likeness (QED) is 0.421. The van der Waals surface area contributed by atoms with Gasteiger partial charge in [0.2, 0.25) is 12.7 Å². The van der Waals surface area contributed by atoms with E-state index in [0.29, 0.717) is 23.1 Å². The molecule has 2 aromatic carbocycles. The third kappa shape index (κ3) is 4.85. The van der Waals surface area contributed by atoms with Gasteiger partial charge in [0.05, 0.1) is 22.6 Å². The first-order valence-corrected chi connectivity index (χ1v) is 9.19. The van der Waals surface area contributed by atoms with Crippen molar-refractivity contribution in [2.75, 3.05) is 27.4 Å². The minimum Gasteiger partial charge on any atom is -0.454 e. The maximum absolute atomic E-state index is 12.3. The van der Waals surface area contributed by atoms with E-state index < -0.39 is 4.92 Å². The van der Waals surface area contributed by atoms with Crippen LogP contribution in [0.3, 0.4) is 0 Å². The number of likely N-dealkylation sites (N-methyl/N-ethyl adjacent to an activating group) is 1. The number of amides is 1. The molecule has 0 saturated heterocycles. The van der Waals surface area contributed by atoms with E-state index in [9.17, 15) is 14.9 Å². The summed E-state index contributed by atoms with van der Waals surface area (Å²) < 4.78 is 10.4. The highest BCUT2D eigenvalue weighted by Crippen LogP contribution is 2.38. The summed E-state index contributed by atoms with van der Waals surface area (Å²) in [6.07, 6.45) is 2.64. The fourth-order valence-electron chi connectivity index (χ4n) is 2.98. The number of fused-ring (bicyclic) bond motifs is 1. The van der Waals surface area contributed by atoms with Crippen molar-refractivity contribution in [1.82, 2.24) is 10.2 Å². The number of ether oxygens (including phenoxy) is 2. The van der Waals surface area contributed by atoms with Crippen LogP contribution in [0.2, 0.25) is 5.02 Å². The van der Waals surface area contributed by atoms with E-state index in [0.717, 1.165) is 5.56 Å². The molecule has 152 valence electrons. The second-order valence-corrected chi connectivity index (χ2v) is 7.01. The van der Waals surface area contributed by atoms with Crippen molar-refractivity contribution in [2.24, 2.45) is 0 Å². The van der Waals surface area contributed by atoms with Gasteiger partial charge in [0.25, 0.3) is 5.69 Å². The highest BCUT2D eigenvalue weighted by Gasteiger charge is 2.22. The molecule has 1 N–H and O–H groups in total. The Balaban J connectivity index is 1.71. The topological polar surface area (TPSA) is 93.9 Å². The van der Waals surface area contributed by atoms with E-state index in [-0.39, 0.29) is 30.0 Å². The van der Waals surface area contributed by atoms with E-state index in [2.05, 4.69) is 5.32 Å². The summed E-state index contributed by atoms with van der Waals surface area (Å²) in [5.74, 6) is 0.338. The molecule has 0 bridgehead atoms. The van der Waals surface area contributed by atoms with Crippen LogP contribution in [0.4, 0.5) is 5.69 Å². The number of carbonyl (C=O) groups excluding carboxylic acids is 1. The number of carbonyl (C=O) groups is 1. The smallest absolute Gasteiger partial charge is 0.280 e. The average molecular weight is 418 g/mol. The van der Waals surface area contributed by atoms with E-state index in [1.807, 2.05) is 37.2 Å². The number of nitrogens with zero attached hydrogens (tertiary/aromatic N) is 2. The maximum Gasteiger partial charge on any atom is 0.280 e. The molecule has 1 aliphatic heterocycles. The van der Waals surface area contributed by atoms with Crippen molar-refractivity contribution >= 4 is 29.3 Å². The van der Waals surface area contributed by atoms with Crippen molar-refractivity contribution in [3.05, 3.63) is 68.7 Å². The fourth-order valence-corrected chi connectivity index (χ4v) is 3.24. The Kier molecular flexibility index (Phi) is 6.36. The number of nitro benzene ring substituents is 1. The largest absolute Gasteiger partial charge is 0.454 e. The van der Waals surface area contributed by atoms with Crippen LogP contribution >= 0.6 is 11.6 Å². The third-order valence-corrected chi connectivity index (χ3v) is 4.83. The van der Waals surface area contributed by atoms with Gasteiger partial charge in [0, 0.05) is 17.6 Å². The third-order valence-electron chi connectivity index (χ3n) is 4.49. The second-order valence-electron chi connectivity index (χ2n) is 6.60. The first kappa shape index (κ1) is 20.6. The van der Waals surface area contributed by atoms with E-state index in [1.54, 1.807) is 6.07 Å². The number of nitrogens with one attached hydrogen (secondary N) is 1. The van der Waals surface area contributed by atoms with Crippen LogP contribution in [0.15, 0.2) is 42.5 Å². The Hall–Kier alpha value is -3.10. The molecule has 0 aliphatic carbocycles.